The molecule has 2 rings (SSSR count). The maximum atomic E-state index is 11.8. The molecule has 0 fully saturated rings. The molecule has 3 N–H and O–H groups in total. The molecule has 0 bridgehead atoms. The maximum absolute atomic E-state index is 11.8. The molecule has 0 saturated carbocycles. The van der Waals surface area contributed by atoms with Crippen LogP contribution < -0.4 is 15.8 Å². The third-order valence-corrected chi connectivity index (χ3v) is 3.21. The monoisotopic (exact) mass is 234 g/mol. The molecule has 1 heterocycles. The fourth-order valence-electron chi connectivity index (χ4n) is 2.11. The summed E-state index contributed by atoms with van der Waals surface area (Å²) in [5.41, 5.74) is 9.54. The highest BCUT2D eigenvalue weighted by Crippen LogP contribution is 2.37. The van der Waals surface area contributed by atoms with Crippen molar-refractivity contribution >= 4 is 11.6 Å². The molecule has 1 aromatic rings. The number of amides is 1. The summed E-state index contributed by atoms with van der Waals surface area (Å²) >= 11 is 0. The number of carbonyl (C=O) groups is 1. The number of ether oxygens (including phenoxy) is 1. The number of benzene rings is 1. The Bertz CT molecular complexity index is 469. The molecule has 17 heavy (non-hydrogen) atoms. The summed E-state index contributed by atoms with van der Waals surface area (Å²) in [4.78, 5) is 11.8. The Morgan fingerprint density at radius 2 is 2.06 bits per heavy atom. The highest BCUT2D eigenvalue weighted by molar-refractivity contribution is 5.99. The number of carbonyl (C=O) groups excluding carboxylic acids is 1. The molecule has 92 valence electrons. The van der Waals surface area contributed by atoms with Crippen molar-refractivity contribution in [1.82, 2.24) is 0 Å². The average molecular weight is 234 g/mol. The van der Waals surface area contributed by atoms with E-state index in [9.17, 15) is 4.79 Å². The fourth-order valence-corrected chi connectivity index (χ4v) is 2.11. The van der Waals surface area contributed by atoms with Gasteiger partial charge in [0.15, 0.2) is 6.10 Å². The summed E-state index contributed by atoms with van der Waals surface area (Å²) < 4.78 is 5.76. The largest absolute Gasteiger partial charge is 0.478 e. The molecular formula is C13H18N2O2. The molecule has 0 aliphatic carbocycles. The van der Waals surface area contributed by atoms with E-state index in [0.717, 1.165) is 28.1 Å². The van der Waals surface area contributed by atoms with Gasteiger partial charge in [-0.25, -0.2) is 0 Å². The lowest BCUT2D eigenvalue weighted by molar-refractivity contribution is -0.123. The van der Waals surface area contributed by atoms with Gasteiger partial charge in [-0.3, -0.25) is 4.79 Å². The van der Waals surface area contributed by atoms with Gasteiger partial charge in [-0.1, -0.05) is 6.07 Å². The van der Waals surface area contributed by atoms with E-state index in [1.165, 1.54) is 0 Å². The second kappa shape index (κ2) is 4.37. The number of nitrogens with two attached hydrogens (primary N) is 1. The van der Waals surface area contributed by atoms with Crippen molar-refractivity contribution in [3.8, 4) is 5.75 Å². The van der Waals surface area contributed by atoms with Crippen molar-refractivity contribution in [1.29, 1.82) is 0 Å². The first kappa shape index (κ1) is 11.9. The van der Waals surface area contributed by atoms with Crippen molar-refractivity contribution in [3.63, 3.8) is 0 Å². The molecule has 1 aliphatic rings. The Hall–Kier alpha value is -1.55. The minimum Gasteiger partial charge on any atom is -0.478 e. The predicted molar refractivity (Wildman–Crippen MR) is 67.4 cm³/mol. The number of rotatable bonds is 2. The summed E-state index contributed by atoms with van der Waals surface area (Å²) in [6.07, 6.45) is 0.0748. The van der Waals surface area contributed by atoms with Crippen LogP contribution in [-0.2, 0) is 4.79 Å². The van der Waals surface area contributed by atoms with Crippen LogP contribution in [0.15, 0.2) is 6.07 Å². The molecule has 0 spiro atoms. The van der Waals surface area contributed by atoms with Gasteiger partial charge in [-0.15, -0.1) is 0 Å². The first-order valence-electron chi connectivity index (χ1n) is 5.83. The summed E-state index contributed by atoms with van der Waals surface area (Å²) in [5, 5.41) is 2.93. The van der Waals surface area contributed by atoms with Gasteiger partial charge in [0.1, 0.15) is 5.75 Å². The van der Waals surface area contributed by atoms with Crippen molar-refractivity contribution in [2.75, 3.05) is 11.9 Å². The molecule has 1 unspecified atom stereocenters. The van der Waals surface area contributed by atoms with Crippen LogP contribution in [0, 0.1) is 20.8 Å². The quantitative estimate of drug-likeness (QED) is 0.818. The smallest absolute Gasteiger partial charge is 0.265 e. The zero-order valence-corrected chi connectivity index (χ0v) is 10.5. The zero-order chi connectivity index (χ0) is 12.6. The van der Waals surface area contributed by atoms with Crippen LogP contribution in [0.5, 0.6) is 5.75 Å². The molecular weight excluding hydrogens is 216 g/mol. The Kier molecular flexibility index (Phi) is 3.07. The van der Waals surface area contributed by atoms with Gasteiger partial charge in [0, 0.05) is 6.42 Å². The lowest BCUT2D eigenvalue weighted by Gasteiger charge is -2.28. The third kappa shape index (κ3) is 2.00. The van der Waals surface area contributed by atoms with Crippen LogP contribution in [0.4, 0.5) is 5.69 Å². The molecule has 1 amide bonds. The van der Waals surface area contributed by atoms with E-state index in [4.69, 9.17) is 10.5 Å². The predicted octanol–water partition coefficient (Wildman–Crippen LogP) is 1.66. The van der Waals surface area contributed by atoms with Crippen molar-refractivity contribution in [2.24, 2.45) is 5.73 Å². The first-order valence-corrected chi connectivity index (χ1v) is 5.83. The summed E-state index contributed by atoms with van der Waals surface area (Å²) in [6.45, 7) is 6.45. The second-order valence-electron chi connectivity index (χ2n) is 4.51. The average Bonchev–Trinajstić information content (AvgIpc) is 2.28. The first-order chi connectivity index (χ1) is 8.04. The van der Waals surface area contributed by atoms with Crippen molar-refractivity contribution < 1.29 is 9.53 Å². The van der Waals surface area contributed by atoms with E-state index < -0.39 is 6.10 Å². The summed E-state index contributed by atoms with van der Waals surface area (Å²) in [7, 11) is 0. The highest BCUT2D eigenvalue weighted by Gasteiger charge is 2.29. The van der Waals surface area contributed by atoms with E-state index in [0.29, 0.717) is 13.0 Å². The normalized spacial score (nSPS) is 18.4. The van der Waals surface area contributed by atoms with Crippen molar-refractivity contribution in [2.45, 2.75) is 33.3 Å². The fraction of sp³-hybridized carbons (Fsp3) is 0.462. The van der Waals surface area contributed by atoms with Crippen LogP contribution in [0.1, 0.15) is 23.1 Å². The molecule has 1 aliphatic heterocycles. The SMILES string of the molecule is Cc1cc(C)c2c(c1C)NC(=O)C(CCN)O2. The van der Waals surface area contributed by atoms with Crippen LogP contribution in [-0.4, -0.2) is 18.6 Å². The lowest BCUT2D eigenvalue weighted by Crippen LogP contribution is -2.39. The molecule has 4 heteroatoms. The topological polar surface area (TPSA) is 64.4 Å². The Labute approximate surface area is 101 Å². The van der Waals surface area contributed by atoms with Crippen LogP contribution in [0.2, 0.25) is 0 Å². The van der Waals surface area contributed by atoms with Gasteiger partial charge in [0.05, 0.1) is 5.69 Å². The summed E-state index contributed by atoms with van der Waals surface area (Å²) in [5.74, 6) is 0.683. The maximum Gasteiger partial charge on any atom is 0.265 e. The number of nitrogens with one attached hydrogen (secondary N) is 1. The molecule has 1 atom stereocenters. The van der Waals surface area contributed by atoms with E-state index in [-0.39, 0.29) is 5.91 Å². The second-order valence-corrected chi connectivity index (χ2v) is 4.51. The molecule has 1 aromatic carbocycles. The number of aryl methyl sites for hydroxylation is 2. The molecule has 4 nitrogen and oxygen atoms in total. The van der Waals surface area contributed by atoms with E-state index in [2.05, 4.69) is 11.4 Å². The Morgan fingerprint density at radius 3 is 2.71 bits per heavy atom. The minimum atomic E-state index is -0.465. The van der Waals surface area contributed by atoms with E-state index >= 15 is 0 Å². The molecule has 0 saturated heterocycles. The molecule has 0 aromatic heterocycles. The summed E-state index contributed by atoms with van der Waals surface area (Å²) in [6, 6.07) is 2.07. The highest BCUT2D eigenvalue weighted by atomic mass is 16.5. The van der Waals surface area contributed by atoms with Crippen LogP contribution in [0.3, 0.4) is 0 Å². The third-order valence-electron chi connectivity index (χ3n) is 3.21. The van der Waals surface area contributed by atoms with Gasteiger partial charge in [0.25, 0.3) is 5.91 Å². The van der Waals surface area contributed by atoms with Gasteiger partial charge >= 0.3 is 0 Å². The zero-order valence-electron chi connectivity index (χ0n) is 10.5. The standard InChI is InChI=1S/C13H18N2O2/c1-7-6-8(2)12-11(9(7)3)15-13(16)10(17-12)4-5-14/h6,10H,4-5,14H2,1-3H3,(H,15,16). The number of fused-ring (bicyclic) bond motifs is 1. The van der Waals surface area contributed by atoms with Crippen molar-refractivity contribution in [3.05, 3.63) is 22.8 Å². The van der Waals surface area contributed by atoms with E-state index in [1.54, 1.807) is 0 Å². The van der Waals surface area contributed by atoms with Gasteiger partial charge < -0.3 is 15.8 Å². The number of anilines is 1. The van der Waals surface area contributed by atoms with E-state index in [1.807, 2.05) is 20.8 Å². The minimum absolute atomic E-state index is 0.101. The number of hydrogen-bond acceptors (Lipinski definition) is 3. The van der Waals surface area contributed by atoms with Gasteiger partial charge in [0.2, 0.25) is 0 Å². The van der Waals surface area contributed by atoms with Gasteiger partial charge in [-0.05, 0) is 44.0 Å². The van der Waals surface area contributed by atoms with Crippen LogP contribution in [0.25, 0.3) is 0 Å². The lowest BCUT2D eigenvalue weighted by atomic mass is 10.0. The Balaban J connectivity index is 2.44. The van der Waals surface area contributed by atoms with Crippen LogP contribution >= 0.6 is 0 Å². The number of hydrogen-bond donors (Lipinski definition) is 2. The van der Waals surface area contributed by atoms with Gasteiger partial charge in [-0.2, -0.15) is 0 Å². The molecule has 0 radical (unpaired) electrons. The Morgan fingerprint density at radius 1 is 1.35 bits per heavy atom.